The number of pyridine rings is 1. The predicted molar refractivity (Wildman–Crippen MR) is 82.3 cm³/mol. The molecular weight excluding hydrogens is 266 g/mol. The van der Waals surface area contributed by atoms with Gasteiger partial charge in [0.05, 0.1) is 5.69 Å². The number of imidazole rings is 1. The van der Waals surface area contributed by atoms with Crippen LogP contribution in [0.2, 0.25) is 0 Å². The molecule has 0 aliphatic carbocycles. The van der Waals surface area contributed by atoms with Crippen LogP contribution in [0.5, 0.6) is 0 Å². The Morgan fingerprint density at radius 3 is 2.95 bits per heavy atom. The monoisotopic (exact) mass is 289 g/mol. The van der Waals surface area contributed by atoms with E-state index < -0.39 is 5.97 Å². The molecule has 0 saturated heterocycles. The zero-order valence-corrected chi connectivity index (χ0v) is 12.7. The molecule has 0 spiro atoms. The summed E-state index contributed by atoms with van der Waals surface area (Å²) >= 11 is 0. The number of carboxylic acids is 1. The molecule has 0 bridgehead atoms. The van der Waals surface area contributed by atoms with Crippen molar-refractivity contribution >= 4 is 11.6 Å². The summed E-state index contributed by atoms with van der Waals surface area (Å²) in [5.74, 6) is -0.285. The molecule has 0 fully saturated rings. The molecule has 1 unspecified atom stereocenters. The number of aromatic nitrogens is 2. The van der Waals surface area contributed by atoms with Crippen molar-refractivity contribution in [2.75, 3.05) is 6.54 Å². The lowest BCUT2D eigenvalue weighted by Gasteiger charge is -2.09. The average Bonchev–Trinajstić information content (AvgIpc) is 2.83. The Labute approximate surface area is 125 Å². The van der Waals surface area contributed by atoms with Crippen LogP contribution in [0.25, 0.3) is 5.65 Å². The van der Waals surface area contributed by atoms with Gasteiger partial charge in [-0.2, -0.15) is 0 Å². The lowest BCUT2D eigenvalue weighted by atomic mass is 10.0. The highest BCUT2D eigenvalue weighted by Gasteiger charge is 2.06. The lowest BCUT2D eigenvalue weighted by Crippen LogP contribution is -2.17. The van der Waals surface area contributed by atoms with Crippen LogP contribution in [0.3, 0.4) is 0 Å². The van der Waals surface area contributed by atoms with E-state index in [4.69, 9.17) is 5.11 Å². The van der Waals surface area contributed by atoms with E-state index in [9.17, 15) is 4.79 Å². The highest BCUT2D eigenvalue weighted by Crippen LogP contribution is 2.10. The van der Waals surface area contributed by atoms with Crippen LogP contribution in [0, 0.1) is 12.8 Å². The van der Waals surface area contributed by atoms with E-state index in [1.165, 1.54) is 5.56 Å². The fourth-order valence-corrected chi connectivity index (χ4v) is 2.32. The standard InChI is InChI=1S/C16H23N3O2/c1-12(4-6-16(20)21)7-8-17-9-14-11-19-10-13(2)3-5-15(19)18-14/h3,5,10-12,17H,4,6-9H2,1-2H3,(H,20,21). The summed E-state index contributed by atoms with van der Waals surface area (Å²) in [5.41, 5.74) is 3.21. The van der Waals surface area contributed by atoms with Gasteiger partial charge in [-0.3, -0.25) is 4.79 Å². The molecule has 1 atom stereocenters. The number of carboxylic acid groups (broad SMARTS) is 1. The molecule has 2 N–H and O–H groups in total. The first-order valence-corrected chi connectivity index (χ1v) is 7.41. The predicted octanol–water partition coefficient (Wildman–Crippen LogP) is 2.62. The minimum absolute atomic E-state index is 0.257. The summed E-state index contributed by atoms with van der Waals surface area (Å²) in [4.78, 5) is 15.1. The van der Waals surface area contributed by atoms with Gasteiger partial charge >= 0.3 is 5.97 Å². The van der Waals surface area contributed by atoms with Crippen molar-refractivity contribution in [2.45, 2.75) is 39.7 Å². The SMILES string of the molecule is Cc1ccc2nc(CNCCC(C)CCC(=O)O)cn2c1. The molecule has 2 aromatic heterocycles. The number of aliphatic carboxylic acids is 1. The summed E-state index contributed by atoms with van der Waals surface area (Å²) in [6, 6.07) is 4.08. The molecule has 114 valence electrons. The first kappa shape index (κ1) is 15.5. The van der Waals surface area contributed by atoms with Crippen LogP contribution < -0.4 is 5.32 Å². The Morgan fingerprint density at radius 1 is 1.38 bits per heavy atom. The highest BCUT2D eigenvalue weighted by atomic mass is 16.4. The van der Waals surface area contributed by atoms with Crippen LogP contribution in [0.4, 0.5) is 0 Å². The minimum atomic E-state index is -0.713. The number of carbonyl (C=O) groups is 1. The van der Waals surface area contributed by atoms with E-state index >= 15 is 0 Å². The highest BCUT2D eigenvalue weighted by molar-refractivity contribution is 5.66. The van der Waals surface area contributed by atoms with E-state index in [0.29, 0.717) is 5.92 Å². The second-order valence-electron chi connectivity index (χ2n) is 5.71. The summed E-state index contributed by atoms with van der Waals surface area (Å²) in [5, 5.41) is 12.0. The zero-order valence-electron chi connectivity index (χ0n) is 12.7. The van der Waals surface area contributed by atoms with Crippen molar-refractivity contribution in [1.82, 2.24) is 14.7 Å². The van der Waals surface area contributed by atoms with E-state index in [2.05, 4.69) is 36.4 Å². The second-order valence-corrected chi connectivity index (χ2v) is 5.71. The van der Waals surface area contributed by atoms with E-state index in [1.54, 1.807) is 0 Å². The maximum Gasteiger partial charge on any atom is 0.303 e. The van der Waals surface area contributed by atoms with Crippen molar-refractivity contribution in [3.05, 3.63) is 35.8 Å². The van der Waals surface area contributed by atoms with Gasteiger partial charge in [0.1, 0.15) is 5.65 Å². The molecule has 0 aliphatic rings. The number of nitrogens with one attached hydrogen (secondary N) is 1. The molecule has 0 aliphatic heterocycles. The fourth-order valence-electron chi connectivity index (χ4n) is 2.32. The van der Waals surface area contributed by atoms with Crippen molar-refractivity contribution < 1.29 is 9.90 Å². The van der Waals surface area contributed by atoms with Gasteiger partial charge in [-0.25, -0.2) is 4.98 Å². The number of fused-ring (bicyclic) bond motifs is 1. The molecule has 0 aromatic carbocycles. The van der Waals surface area contributed by atoms with Crippen LogP contribution >= 0.6 is 0 Å². The fraction of sp³-hybridized carbons (Fsp3) is 0.500. The van der Waals surface area contributed by atoms with E-state index in [1.807, 2.05) is 16.7 Å². The first-order valence-electron chi connectivity index (χ1n) is 7.41. The third-order valence-corrected chi connectivity index (χ3v) is 3.62. The number of aryl methyl sites for hydroxylation is 1. The molecular formula is C16H23N3O2. The Balaban J connectivity index is 1.73. The summed E-state index contributed by atoms with van der Waals surface area (Å²) in [6.45, 7) is 5.79. The van der Waals surface area contributed by atoms with Gasteiger partial charge in [0.25, 0.3) is 0 Å². The van der Waals surface area contributed by atoms with Crippen LogP contribution in [-0.4, -0.2) is 27.0 Å². The number of hydrogen-bond acceptors (Lipinski definition) is 3. The topological polar surface area (TPSA) is 66.6 Å². The average molecular weight is 289 g/mol. The summed E-state index contributed by atoms with van der Waals surface area (Å²) < 4.78 is 2.04. The number of nitrogens with zero attached hydrogens (tertiary/aromatic N) is 2. The largest absolute Gasteiger partial charge is 0.481 e. The molecule has 21 heavy (non-hydrogen) atoms. The van der Waals surface area contributed by atoms with Crippen molar-refractivity contribution in [3.8, 4) is 0 Å². The molecule has 5 heteroatoms. The van der Waals surface area contributed by atoms with E-state index in [0.717, 1.165) is 37.3 Å². The van der Waals surface area contributed by atoms with Gasteiger partial charge in [-0.15, -0.1) is 0 Å². The minimum Gasteiger partial charge on any atom is -0.481 e. The molecule has 2 heterocycles. The lowest BCUT2D eigenvalue weighted by molar-refractivity contribution is -0.137. The number of rotatable bonds is 8. The van der Waals surface area contributed by atoms with Gasteiger partial charge in [-0.1, -0.05) is 13.0 Å². The second kappa shape index (κ2) is 7.22. The maximum atomic E-state index is 10.5. The Morgan fingerprint density at radius 2 is 2.19 bits per heavy atom. The quantitative estimate of drug-likeness (QED) is 0.733. The van der Waals surface area contributed by atoms with Crippen molar-refractivity contribution in [3.63, 3.8) is 0 Å². The van der Waals surface area contributed by atoms with Gasteiger partial charge in [0.15, 0.2) is 0 Å². The van der Waals surface area contributed by atoms with E-state index in [-0.39, 0.29) is 6.42 Å². The van der Waals surface area contributed by atoms with Crippen LogP contribution in [0.15, 0.2) is 24.5 Å². The maximum absolute atomic E-state index is 10.5. The molecule has 0 radical (unpaired) electrons. The Kier molecular flexibility index (Phi) is 5.33. The van der Waals surface area contributed by atoms with Gasteiger partial charge in [0.2, 0.25) is 0 Å². The van der Waals surface area contributed by atoms with Gasteiger partial charge in [0, 0.05) is 25.4 Å². The Bertz CT molecular complexity index is 607. The third kappa shape index (κ3) is 4.86. The first-order chi connectivity index (χ1) is 10.0. The molecule has 0 amide bonds. The summed E-state index contributed by atoms with van der Waals surface area (Å²) in [7, 11) is 0. The van der Waals surface area contributed by atoms with Gasteiger partial charge < -0.3 is 14.8 Å². The molecule has 2 rings (SSSR count). The molecule has 0 saturated carbocycles. The van der Waals surface area contributed by atoms with Gasteiger partial charge in [-0.05, 0) is 43.9 Å². The van der Waals surface area contributed by atoms with Crippen LogP contribution in [0.1, 0.15) is 37.4 Å². The molecule has 5 nitrogen and oxygen atoms in total. The smallest absolute Gasteiger partial charge is 0.303 e. The number of hydrogen-bond donors (Lipinski definition) is 2. The normalized spacial score (nSPS) is 12.7. The van der Waals surface area contributed by atoms with Crippen molar-refractivity contribution in [1.29, 1.82) is 0 Å². The van der Waals surface area contributed by atoms with Crippen LogP contribution in [-0.2, 0) is 11.3 Å². The third-order valence-electron chi connectivity index (χ3n) is 3.62. The molecule has 2 aromatic rings. The summed E-state index contributed by atoms with van der Waals surface area (Å²) in [6.07, 6.45) is 6.10. The van der Waals surface area contributed by atoms with Crippen molar-refractivity contribution in [2.24, 2.45) is 5.92 Å². The zero-order chi connectivity index (χ0) is 15.2. The Hall–Kier alpha value is -1.88.